The van der Waals surface area contributed by atoms with E-state index in [1.807, 2.05) is 0 Å². The van der Waals surface area contributed by atoms with Gasteiger partial charge < -0.3 is 20.1 Å². The average molecular weight is 700 g/mol. The zero-order valence-electron chi connectivity index (χ0n) is 27.2. The fourth-order valence-corrected chi connectivity index (χ4v) is 5.10. The van der Waals surface area contributed by atoms with Crippen molar-refractivity contribution in [2.24, 2.45) is 0 Å². The third-order valence-electron chi connectivity index (χ3n) is 8.41. The molecular weight excluding hydrogens is 656 g/mol. The summed E-state index contributed by atoms with van der Waals surface area (Å²) in [6.45, 7) is 13.7. The van der Waals surface area contributed by atoms with Gasteiger partial charge >= 0.3 is 0 Å². The Kier molecular flexibility index (Phi) is 12.7. The van der Waals surface area contributed by atoms with Crippen molar-refractivity contribution in [2.75, 3.05) is 24.4 Å². The Hall–Kier alpha value is -3.36. The van der Waals surface area contributed by atoms with Crippen molar-refractivity contribution in [1.29, 1.82) is 0 Å². The number of hydrogen-bond acceptors (Lipinski definition) is 5. The van der Waals surface area contributed by atoms with Crippen LogP contribution in [-0.2, 0) is 20.4 Å². The Morgan fingerprint density at radius 2 is 1.56 bits per heavy atom. The zero-order chi connectivity index (χ0) is 33.4. The molecule has 3 aromatic carbocycles. The van der Waals surface area contributed by atoms with Gasteiger partial charge in [0.15, 0.2) is 10.6 Å². The second kappa shape index (κ2) is 15.8. The van der Waals surface area contributed by atoms with Crippen LogP contribution in [0.5, 0.6) is 11.5 Å². The molecule has 0 aliphatic heterocycles. The highest BCUT2D eigenvalue weighted by Crippen LogP contribution is 2.38. The smallest absolute Gasteiger partial charge is 0.246 e. The maximum atomic E-state index is 12.9. The van der Waals surface area contributed by atoms with E-state index >= 15 is 0 Å². The molecule has 0 aliphatic rings. The number of halogens is 2. The molecule has 0 radical (unpaired) electrons. The summed E-state index contributed by atoms with van der Waals surface area (Å²) in [6, 6.07) is 17.7. The number of carbonyl (C=O) groups excluding carboxylic acids is 3. The van der Waals surface area contributed by atoms with Gasteiger partial charge in [0.2, 0.25) is 11.8 Å². The molecule has 0 aromatic heterocycles. The lowest BCUT2D eigenvalue weighted by molar-refractivity contribution is -0.116. The Bertz CT molecular complexity index is 1500. The minimum absolute atomic E-state index is 0.0495. The molecule has 0 bridgehead atoms. The van der Waals surface area contributed by atoms with Gasteiger partial charge in [0.25, 0.3) is 0 Å². The van der Waals surface area contributed by atoms with Crippen molar-refractivity contribution in [1.82, 2.24) is 0 Å². The van der Waals surface area contributed by atoms with Gasteiger partial charge in [-0.3, -0.25) is 14.4 Å². The average Bonchev–Trinajstić information content (AvgIpc) is 3.03. The molecule has 3 aromatic rings. The summed E-state index contributed by atoms with van der Waals surface area (Å²) in [7, 11) is 1.53. The van der Waals surface area contributed by atoms with Gasteiger partial charge in [-0.1, -0.05) is 81.2 Å². The van der Waals surface area contributed by atoms with Crippen molar-refractivity contribution < 1.29 is 23.9 Å². The highest BCUT2D eigenvalue weighted by molar-refractivity contribution is 9.10. The number of alkyl halides is 1. The highest BCUT2D eigenvalue weighted by atomic mass is 79.9. The topological polar surface area (TPSA) is 93.7 Å². The Morgan fingerprint density at radius 3 is 2.18 bits per heavy atom. The van der Waals surface area contributed by atoms with Crippen LogP contribution in [-0.4, -0.2) is 36.1 Å². The molecule has 2 amide bonds. The van der Waals surface area contributed by atoms with E-state index in [2.05, 4.69) is 86.3 Å². The van der Waals surface area contributed by atoms with E-state index in [1.54, 1.807) is 42.5 Å². The van der Waals surface area contributed by atoms with Gasteiger partial charge in [0.1, 0.15) is 11.5 Å². The van der Waals surface area contributed by atoms with Gasteiger partial charge in [0, 0.05) is 23.2 Å². The molecule has 0 saturated carbocycles. The first-order valence-corrected chi connectivity index (χ1v) is 16.5. The quantitative estimate of drug-likeness (QED) is 0.0715. The molecule has 45 heavy (non-hydrogen) atoms. The van der Waals surface area contributed by atoms with Crippen LogP contribution in [0.4, 0.5) is 11.4 Å². The van der Waals surface area contributed by atoms with Crippen LogP contribution in [0.15, 0.2) is 60.7 Å². The fraction of sp³-hybridized carbons (Fsp3) is 0.417. The van der Waals surface area contributed by atoms with Gasteiger partial charge in [-0.05, 0) is 84.2 Å². The van der Waals surface area contributed by atoms with Gasteiger partial charge in [-0.2, -0.15) is 0 Å². The van der Waals surface area contributed by atoms with E-state index in [-0.39, 0.29) is 33.9 Å². The van der Waals surface area contributed by atoms with E-state index in [0.717, 1.165) is 18.6 Å². The predicted molar refractivity (Wildman–Crippen MR) is 187 cm³/mol. The monoisotopic (exact) mass is 698 g/mol. The minimum atomic E-state index is -1.14. The van der Waals surface area contributed by atoms with Crippen LogP contribution in [0.2, 0.25) is 5.02 Å². The molecule has 242 valence electrons. The molecule has 2 N–H and O–H groups in total. The Labute approximate surface area is 280 Å². The van der Waals surface area contributed by atoms with Crippen LogP contribution in [0, 0.1) is 0 Å². The summed E-state index contributed by atoms with van der Waals surface area (Å²) in [6.07, 6.45) is 2.78. The molecule has 0 fully saturated rings. The maximum Gasteiger partial charge on any atom is 0.246 e. The van der Waals surface area contributed by atoms with Crippen molar-refractivity contribution >= 4 is 56.5 Å². The maximum absolute atomic E-state index is 12.9. The number of ether oxygens (including phenoxy) is 2. The summed E-state index contributed by atoms with van der Waals surface area (Å²) in [5.41, 5.74) is 3.59. The lowest BCUT2D eigenvalue weighted by Crippen LogP contribution is -2.30. The van der Waals surface area contributed by atoms with Gasteiger partial charge in [-0.25, -0.2) is 0 Å². The Balaban J connectivity index is 1.58. The number of benzene rings is 3. The number of hydrogen-bond donors (Lipinski definition) is 2. The number of carbonyl (C=O) groups is 3. The molecule has 1 unspecified atom stereocenters. The summed E-state index contributed by atoms with van der Waals surface area (Å²) >= 11 is 9.50. The number of ketones is 1. The second-order valence-electron chi connectivity index (χ2n) is 12.3. The number of Topliss-reactive ketones (excluding diaryl/α,β-unsaturated/α-hetero) is 1. The molecule has 0 heterocycles. The minimum Gasteiger partial charge on any atom is -0.497 e. The first-order chi connectivity index (χ1) is 21.2. The van der Waals surface area contributed by atoms with E-state index in [0.29, 0.717) is 30.0 Å². The number of nitrogens with one attached hydrogen (secondary N) is 2. The lowest BCUT2D eigenvalue weighted by Gasteiger charge is -2.30. The molecule has 0 aliphatic carbocycles. The first kappa shape index (κ1) is 36.1. The molecule has 0 saturated heterocycles. The van der Waals surface area contributed by atoms with Crippen molar-refractivity contribution in [2.45, 2.75) is 82.9 Å². The highest BCUT2D eigenvalue weighted by Gasteiger charge is 2.27. The van der Waals surface area contributed by atoms with E-state index in [4.69, 9.17) is 21.1 Å². The summed E-state index contributed by atoms with van der Waals surface area (Å²) in [5, 5.41) is 5.79. The molecule has 1 atom stereocenters. The lowest BCUT2D eigenvalue weighted by atomic mass is 9.76. The fourth-order valence-electron chi connectivity index (χ4n) is 4.55. The third kappa shape index (κ3) is 9.57. The summed E-state index contributed by atoms with van der Waals surface area (Å²) in [4.78, 5) is 37.3. The van der Waals surface area contributed by atoms with Crippen molar-refractivity contribution in [3.05, 3.63) is 82.4 Å². The number of anilines is 2. The third-order valence-corrected chi connectivity index (χ3v) is 9.57. The van der Waals surface area contributed by atoms with Crippen LogP contribution < -0.4 is 20.1 Å². The SMILES string of the molecule is CCC(C)(C)c1ccc(OCCCC(=O)Nc2ccc(Cl)c(NC(=O)C(Br)C(=O)c3ccc(OC)cc3)c2)c(C(C)(C)CC)c1. The summed E-state index contributed by atoms with van der Waals surface area (Å²) in [5.74, 6) is 0.262. The molecule has 9 heteroatoms. The predicted octanol–water partition coefficient (Wildman–Crippen LogP) is 9.11. The number of methoxy groups -OCH3 is 1. The first-order valence-electron chi connectivity index (χ1n) is 15.2. The molecule has 0 spiro atoms. The number of rotatable bonds is 15. The van der Waals surface area contributed by atoms with E-state index in [9.17, 15) is 14.4 Å². The number of amides is 2. The largest absolute Gasteiger partial charge is 0.497 e. The second-order valence-corrected chi connectivity index (χ2v) is 13.6. The van der Waals surface area contributed by atoms with E-state index in [1.165, 1.54) is 18.2 Å². The standard InChI is InChI=1S/C36H44BrClN2O5/c1-8-35(3,4)24-14-19-30(27(21-24)36(5,6)9-2)45-20-10-11-31(41)39-25-15-18-28(38)29(22-25)40-34(43)32(37)33(42)23-12-16-26(44-7)17-13-23/h12-19,21-22,32H,8-11,20H2,1-7H3,(H,39,41)(H,40,43). The van der Waals surface area contributed by atoms with E-state index < -0.39 is 16.5 Å². The van der Waals surface area contributed by atoms with Crippen LogP contribution in [0.1, 0.15) is 88.7 Å². The Morgan fingerprint density at radius 1 is 0.889 bits per heavy atom. The van der Waals surface area contributed by atoms with Crippen molar-refractivity contribution in [3.63, 3.8) is 0 Å². The van der Waals surface area contributed by atoms with Gasteiger partial charge in [0.05, 0.1) is 24.4 Å². The van der Waals surface area contributed by atoms with Crippen LogP contribution >= 0.6 is 27.5 Å². The normalized spacial score (nSPS) is 12.3. The molecule has 3 rings (SSSR count). The zero-order valence-corrected chi connectivity index (χ0v) is 29.5. The molecular formula is C36H44BrClN2O5. The molecule has 7 nitrogen and oxygen atoms in total. The van der Waals surface area contributed by atoms with Crippen LogP contribution in [0.25, 0.3) is 0 Å². The van der Waals surface area contributed by atoms with Crippen LogP contribution in [0.3, 0.4) is 0 Å². The van der Waals surface area contributed by atoms with Gasteiger partial charge in [-0.15, -0.1) is 0 Å². The van der Waals surface area contributed by atoms with Crippen molar-refractivity contribution in [3.8, 4) is 11.5 Å². The summed E-state index contributed by atoms with van der Waals surface area (Å²) < 4.78 is 11.3.